The molecule has 6 nitrogen and oxygen atoms in total. The molecule has 0 spiro atoms. The Labute approximate surface area is 120 Å². The minimum Gasteiger partial charge on any atom is -0.345 e. The fourth-order valence-electron chi connectivity index (χ4n) is 2.08. The molecule has 106 valence electrons. The third-order valence-electron chi connectivity index (χ3n) is 3.00. The number of carbonyl (C=O) groups is 2. The normalized spacial score (nSPS) is 12.2. The summed E-state index contributed by atoms with van der Waals surface area (Å²) in [5.74, 6) is -0.369. The number of amides is 1. The lowest BCUT2D eigenvalue weighted by molar-refractivity contribution is 0.0943. The van der Waals surface area contributed by atoms with E-state index in [0.29, 0.717) is 9.88 Å². The van der Waals surface area contributed by atoms with Gasteiger partial charge in [-0.25, -0.2) is 4.98 Å². The van der Waals surface area contributed by atoms with Gasteiger partial charge in [0.1, 0.15) is 4.88 Å². The molecule has 2 aromatic heterocycles. The molecule has 2 heterocycles. The average Bonchev–Trinajstić information content (AvgIpc) is 2.96. The molecule has 2 rings (SSSR count). The van der Waals surface area contributed by atoms with Crippen LogP contribution in [0.2, 0.25) is 0 Å². The maximum Gasteiger partial charge on any atom is 0.263 e. The van der Waals surface area contributed by atoms with Gasteiger partial charge in [-0.2, -0.15) is 5.10 Å². The number of aromatic nitrogens is 3. The summed E-state index contributed by atoms with van der Waals surface area (Å²) in [6.07, 6.45) is 1.43. The van der Waals surface area contributed by atoms with Gasteiger partial charge >= 0.3 is 0 Å². The van der Waals surface area contributed by atoms with Crippen LogP contribution in [0.3, 0.4) is 0 Å². The molecule has 1 unspecified atom stereocenters. The summed E-state index contributed by atoms with van der Waals surface area (Å²) in [5.41, 5.74) is 2.78. The van der Waals surface area contributed by atoms with Gasteiger partial charge in [0.05, 0.1) is 17.9 Å². The Morgan fingerprint density at radius 2 is 2.10 bits per heavy atom. The van der Waals surface area contributed by atoms with E-state index in [4.69, 9.17) is 0 Å². The van der Waals surface area contributed by atoms with Gasteiger partial charge in [0.2, 0.25) is 0 Å². The Hall–Kier alpha value is -2.02. The highest BCUT2D eigenvalue weighted by Gasteiger charge is 2.19. The fraction of sp³-hybridized carbons (Fsp3) is 0.385. The monoisotopic (exact) mass is 292 g/mol. The quantitative estimate of drug-likeness (QED) is 0.845. The van der Waals surface area contributed by atoms with Crippen molar-refractivity contribution in [3.05, 3.63) is 33.0 Å². The molecule has 7 heteroatoms. The van der Waals surface area contributed by atoms with E-state index in [9.17, 15) is 9.59 Å². The molecule has 0 aliphatic heterocycles. The molecular weight excluding hydrogens is 276 g/mol. The lowest BCUT2D eigenvalue weighted by Crippen LogP contribution is -2.26. The summed E-state index contributed by atoms with van der Waals surface area (Å²) in [6, 6.07) is -0.163. The Kier molecular flexibility index (Phi) is 3.99. The Balaban J connectivity index is 2.13. The zero-order chi connectivity index (χ0) is 14.9. The number of aromatic amines is 1. The minimum atomic E-state index is -0.234. The largest absolute Gasteiger partial charge is 0.345 e. The zero-order valence-corrected chi connectivity index (χ0v) is 12.6. The molecule has 1 atom stereocenters. The van der Waals surface area contributed by atoms with Crippen LogP contribution < -0.4 is 5.32 Å². The number of rotatable bonds is 4. The van der Waals surface area contributed by atoms with Gasteiger partial charge in [0, 0.05) is 18.2 Å². The van der Waals surface area contributed by atoms with Crippen molar-refractivity contribution >= 4 is 23.0 Å². The molecule has 0 aliphatic carbocycles. The van der Waals surface area contributed by atoms with Crippen LogP contribution in [0, 0.1) is 13.8 Å². The number of thiazole rings is 1. The van der Waals surface area contributed by atoms with Gasteiger partial charge in [-0.1, -0.05) is 0 Å². The number of hydrogen-bond donors (Lipinski definition) is 2. The molecule has 20 heavy (non-hydrogen) atoms. The number of hydrogen-bond acceptors (Lipinski definition) is 5. The Morgan fingerprint density at radius 1 is 1.40 bits per heavy atom. The molecular formula is C13H16N4O2S. The summed E-state index contributed by atoms with van der Waals surface area (Å²) in [4.78, 5) is 27.7. The minimum absolute atomic E-state index is 0.136. The second-order valence-corrected chi connectivity index (χ2v) is 5.66. The number of H-pyrrole nitrogens is 1. The number of ketones is 1. The standard InChI is InChI=1S/C13H16N4O2S/c1-6(11-7(2)16-17-8(11)3)15-12(19)10-5-14-13(20-10)9(4)18/h5-6H,1-4H3,(H,15,19)(H,16,17). The van der Waals surface area contributed by atoms with Crippen molar-refractivity contribution in [2.45, 2.75) is 33.7 Å². The first-order valence-electron chi connectivity index (χ1n) is 6.19. The first-order valence-corrected chi connectivity index (χ1v) is 7.01. The second kappa shape index (κ2) is 5.54. The van der Waals surface area contributed by atoms with E-state index in [1.165, 1.54) is 13.1 Å². The van der Waals surface area contributed by atoms with Crippen LogP contribution in [0.1, 0.15) is 56.3 Å². The number of aryl methyl sites for hydroxylation is 2. The van der Waals surface area contributed by atoms with Crippen LogP contribution in [0.15, 0.2) is 6.20 Å². The van der Waals surface area contributed by atoms with Gasteiger partial charge in [-0.3, -0.25) is 14.7 Å². The van der Waals surface area contributed by atoms with E-state index in [2.05, 4.69) is 20.5 Å². The van der Waals surface area contributed by atoms with Crippen molar-refractivity contribution in [1.82, 2.24) is 20.5 Å². The fourth-order valence-corrected chi connectivity index (χ4v) is 2.79. The number of carbonyl (C=O) groups excluding carboxylic acids is 2. The molecule has 0 bridgehead atoms. The lowest BCUT2D eigenvalue weighted by atomic mass is 10.1. The molecule has 2 N–H and O–H groups in total. The van der Waals surface area contributed by atoms with Crippen molar-refractivity contribution in [3.8, 4) is 0 Å². The number of nitrogens with zero attached hydrogens (tertiary/aromatic N) is 2. The summed E-state index contributed by atoms with van der Waals surface area (Å²) >= 11 is 1.10. The van der Waals surface area contributed by atoms with Crippen molar-refractivity contribution < 1.29 is 9.59 Å². The molecule has 0 aliphatic rings. The van der Waals surface area contributed by atoms with Crippen molar-refractivity contribution in [3.63, 3.8) is 0 Å². The van der Waals surface area contributed by atoms with Gasteiger partial charge in [0.15, 0.2) is 10.8 Å². The maximum absolute atomic E-state index is 12.1. The summed E-state index contributed by atoms with van der Waals surface area (Å²) in [7, 11) is 0. The van der Waals surface area contributed by atoms with Crippen LogP contribution >= 0.6 is 11.3 Å². The molecule has 1 amide bonds. The molecule has 0 saturated heterocycles. The molecule has 2 aromatic rings. The third kappa shape index (κ3) is 2.77. The van der Waals surface area contributed by atoms with E-state index in [0.717, 1.165) is 28.3 Å². The number of Topliss-reactive ketones (excluding diaryl/α,β-unsaturated/α-hetero) is 1. The van der Waals surface area contributed by atoms with Crippen molar-refractivity contribution in [2.24, 2.45) is 0 Å². The summed E-state index contributed by atoms with van der Waals surface area (Å²) in [5, 5.41) is 10.2. The van der Waals surface area contributed by atoms with Crippen molar-refractivity contribution in [2.75, 3.05) is 0 Å². The van der Waals surface area contributed by atoms with Crippen LogP contribution in [-0.4, -0.2) is 26.9 Å². The smallest absolute Gasteiger partial charge is 0.263 e. The first-order chi connectivity index (χ1) is 9.40. The SMILES string of the molecule is CC(=O)c1ncc(C(=O)NC(C)c2c(C)n[nH]c2C)s1. The highest BCUT2D eigenvalue weighted by atomic mass is 32.1. The molecule has 0 fully saturated rings. The maximum atomic E-state index is 12.1. The summed E-state index contributed by atoms with van der Waals surface area (Å²) in [6.45, 7) is 7.14. The molecule has 0 saturated carbocycles. The highest BCUT2D eigenvalue weighted by Crippen LogP contribution is 2.20. The van der Waals surface area contributed by atoms with E-state index in [1.54, 1.807) is 0 Å². The van der Waals surface area contributed by atoms with Gasteiger partial charge in [-0.05, 0) is 20.8 Å². The Bertz CT molecular complexity index is 640. The Morgan fingerprint density at radius 3 is 2.60 bits per heavy atom. The van der Waals surface area contributed by atoms with Gasteiger partial charge in [0.25, 0.3) is 5.91 Å². The molecule has 0 radical (unpaired) electrons. The van der Waals surface area contributed by atoms with Crippen LogP contribution in [0.5, 0.6) is 0 Å². The van der Waals surface area contributed by atoms with E-state index in [-0.39, 0.29) is 17.7 Å². The average molecular weight is 292 g/mol. The molecule has 0 aromatic carbocycles. The van der Waals surface area contributed by atoms with Crippen molar-refractivity contribution in [1.29, 1.82) is 0 Å². The highest BCUT2D eigenvalue weighted by molar-refractivity contribution is 7.15. The second-order valence-electron chi connectivity index (χ2n) is 4.63. The first kappa shape index (κ1) is 14.4. The van der Waals surface area contributed by atoms with Gasteiger partial charge < -0.3 is 5.32 Å². The van der Waals surface area contributed by atoms with Gasteiger partial charge in [-0.15, -0.1) is 11.3 Å². The number of nitrogens with one attached hydrogen (secondary N) is 2. The van der Waals surface area contributed by atoms with Crippen LogP contribution in [0.25, 0.3) is 0 Å². The zero-order valence-electron chi connectivity index (χ0n) is 11.8. The predicted octanol–water partition coefficient (Wildman–Crippen LogP) is 2.18. The predicted molar refractivity (Wildman–Crippen MR) is 76.1 cm³/mol. The van der Waals surface area contributed by atoms with E-state index >= 15 is 0 Å². The lowest BCUT2D eigenvalue weighted by Gasteiger charge is -2.13. The van der Waals surface area contributed by atoms with E-state index < -0.39 is 0 Å². The third-order valence-corrected chi connectivity index (χ3v) is 4.09. The van der Waals surface area contributed by atoms with Crippen LogP contribution in [0.4, 0.5) is 0 Å². The van der Waals surface area contributed by atoms with Crippen LogP contribution in [-0.2, 0) is 0 Å². The summed E-state index contributed by atoms with van der Waals surface area (Å²) < 4.78 is 0. The van der Waals surface area contributed by atoms with E-state index in [1.807, 2.05) is 20.8 Å². The topological polar surface area (TPSA) is 87.7 Å².